The first-order chi connectivity index (χ1) is 24.1. The van der Waals surface area contributed by atoms with Crippen LogP contribution in [0.5, 0.6) is 5.75 Å². The molecule has 0 bridgehead atoms. The molecule has 3 heterocycles. The molecule has 50 heavy (non-hydrogen) atoms. The number of ether oxygens (including phenoxy) is 3. The second kappa shape index (κ2) is 15.5. The van der Waals surface area contributed by atoms with E-state index in [1.54, 1.807) is 58.5 Å². The summed E-state index contributed by atoms with van der Waals surface area (Å²) in [5, 5.41) is 4.16. The number of nitrogens with zero attached hydrogens (tertiary/aromatic N) is 6. The molecule has 4 aromatic rings. The molecule has 2 aromatic carbocycles. The molecule has 1 aliphatic carbocycles. The molecular formula is C38H47FN6O5. The van der Waals surface area contributed by atoms with Crippen LogP contribution in [0.2, 0.25) is 0 Å². The first-order valence-electron chi connectivity index (χ1n) is 17.5. The predicted octanol–water partition coefficient (Wildman–Crippen LogP) is 6.78. The van der Waals surface area contributed by atoms with Crippen molar-refractivity contribution < 1.29 is 28.2 Å². The fraction of sp³-hybridized carbons (Fsp3) is 0.474. The van der Waals surface area contributed by atoms with Crippen LogP contribution in [-0.4, -0.2) is 92.7 Å². The number of methoxy groups -OCH3 is 1. The third-order valence-electron chi connectivity index (χ3n) is 9.44. The van der Waals surface area contributed by atoms with Gasteiger partial charge in [-0.25, -0.2) is 18.9 Å². The van der Waals surface area contributed by atoms with Crippen LogP contribution in [0.1, 0.15) is 69.4 Å². The molecule has 2 aromatic heterocycles. The molecule has 1 aliphatic heterocycles. The number of hydrogen-bond donors (Lipinski definition) is 0. The van der Waals surface area contributed by atoms with Crippen LogP contribution in [0.15, 0.2) is 73.3 Å². The van der Waals surface area contributed by atoms with Crippen molar-refractivity contribution >= 4 is 12.0 Å². The van der Waals surface area contributed by atoms with Crippen LogP contribution in [0, 0.1) is 11.7 Å². The van der Waals surface area contributed by atoms with Gasteiger partial charge in [0.2, 0.25) is 0 Å². The first-order valence-corrected chi connectivity index (χ1v) is 17.5. The van der Waals surface area contributed by atoms with E-state index in [-0.39, 0.29) is 37.4 Å². The number of rotatable bonds is 10. The van der Waals surface area contributed by atoms with Crippen LogP contribution in [0.4, 0.5) is 9.18 Å². The van der Waals surface area contributed by atoms with Gasteiger partial charge in [0, 0.05) is 69.1 Å². The average Bonchev–Trinajstić information content (AvgIpc) is 3.80. The summed E-state index contributed by atoms with van der Waals surface area (Å²) in [5.74, 6) is -0.325. The normalized spacial score (nSPS) is 19.7. The number of hydrogen-bond acceptors (Lipinski definition) is 7. The van der Waals surface area contributed by atoms with Gasteiger partial charge in [-0.15, -0.1) is 0 Å². The third kappa shape index (κ3) is 8.01. The van der Waals surface area contributed by atoms with Crippen LogP contribution in [0.25, 0.3) is 16.9 Å². The Kier molecular flexibility index (Phi) is 10.9. The minimum Gasteiger partial charge on any atom is -0.490 e. The molecule has 1 saturated heterocycles. The van der Waals surface area contributed by atoms with Crippen molar-refractivity contribution in [1.29, 1.82) is 0 Å². The fourth-order valence-corrected chi connectivity index (χ4v) is 7.09. The van der Waals surface area contributed by atoms with E-state index in [0.717, 1.165) is 36.9 Å². The molecule has 1 saturated carbocycles. The van der Waals surface area contributed by atoms with E-state index in [1.807, 2.05) is 51.1 Å². The third-order valence-corrected chi connectivity index (χ3v) is 9.44. The van der Waals surface area contributed by atoms with E-state index in [9.17, 15) is 9.59 Å². The molecule has 0 unspecified atom stereocenters. The average molecular weight is 687 g/mol. The van der Waals surface area contributed by atoms with E-state index in [4.69, 9.17) is 19.2 Å². The minimum absolute atomic E-state index is 0.0989. The lowest BCUT2D eigenvalue weighted by Crippen LogP contribution is -2.57. The van der Waals surface area contributed by atoms with Gasteiger partial charge < -0.3 is 28.6 Å². The molecule has 0 spiro atoms. The maximum atomic E-state index is 15.1. The molecular weight excluding hydrogens is 639 g/mol. The fourth-order valence-electron chi connectivity index (χ4n) is 7.09. The number of halogens is 1. The zero-order valence-corrected chi connectivity index (χ0v) is 29.3. The monoisotopic (exact) mass is 686 g/mol. The predicted molar refractivity (Wildman–Crippen MR) is 187 cm³/mol. The van der Waals surface area contributed by atoms with Gasteiger partial charge in [-0.3, -0.25) is 4.79 Å². The van der Waals surface area contributed by atoms with Crippen molar-refractivity contribution in [3.63, 3.8) is 0 Å². The molecule has 11 nitrogen and oxygen atoms in total. The summed E-state index contributed by atoms with van der Waals surface area (Å²) in [5.41, 5.74) is 1.98. The second-order valence-corrected chi connectivity index (χ2v) is 14.1. The van der Waals surface area contributed by atoms with Crippen molar-refractivity contribution in [2.75, 3.05) is 40.0 Å². The summed E-state index contributed by atoms with van der Waals surface area (Å²) in [6, 6.07) is 16.1. The lowest BCUT2D eigenvalue weighted by atomic mass is 9.84. The molecule has 3 atom stereocenters. The van der Waals surface area contributed by atoms with Crippen molar-refractivity contribution in [3.8, 4) is 22.7 Å². The number of piperazine rings is 1. The van der Waals surface area contributed by atoms with Gasteiger partial charge in [0.15, 0.2) is 17.3 Å². The summed E-state index contributed by atoms with van der Waals surface area (Å²) >= 11 is 0. The molecule has 6 rings (SSSR count). The van der Waals surface area contributed by atoms with Gasteiger partial charge >= 0.3 is 6.09 Å². The van der Waals surface area contributed by atoms with E-state index in [1.165, 1.54) is 6.07 Å². The summed E-state index contributed by atoms with van der Waals surface area (Å²) in [4.78, 5) is 36.0. The largest absolute Gasteiger partial charge is 0.490 e. The first kappa shape index (κ1) is 35.1. The molecule has 266 valence electrons. The lowest BCUT2D eigenvalue weighted by molar-refractivity contribution is 0.00202. The Morgan fingerprint density at radius 1 is 1.02 bits per heavy atom. The van der Waals surface area contributed by atoms with Gasteiger partial charge in [0.25, 0.3) is 5.91 Å². The molecule has 0 radical (unpaired) electrons. The second-order valence-electron chi connectivity index (χ2n) is 14.1. The number of aromatic nitrogens is 4. The Morgan fingerprint density at radius 3 is 2.54 bits per heavy atom. The van der Waals surface area contributed by atoms with E-state index in [2.05, 4.69) is 9.67 Å². The van der Waals surface area contributed by atoms with Crippen molar-refractivity contribution in [3.05, 3.63) is 84.8 Å². The van der Waals surface area contributed by atoms with Crippen molar-refractivity contribution in [2.45, 2.75) is 70.6 Å². The highest BCUT2D eigenvalue weighted by atomic mass is 19.1. The summed E-state index contributed by atoms with van der Waals surface area (Å²) in [7, 11) is 1.73. The zero-order chi connectivity index (χ0) is 35.3. The van der Waals surface area contributed by atoms with Crippen LogP contribution in [0.3, 0.4) is 0 Å². The Hall–Kier alpha value is -4.71. The van der Waals surface area contributed by atoms with Crippen molar-refractivity contribution in [2.24, 2.45) is 5.92 Å². The zero-order valence-electron chi connectivity index (χ0n) is 29.3. The molecule has 2 amide bonds. The highest BCUT2D eigenvalue weighted by Crippen LogP contribution is 2.38. The Morgan fingerprint density at radius 2 is 1.82 bits per heavy atom. The highest BCUT2D eigenvalue weighted by molar-refractivity contribution is 5.98. The van der Waals surface area contributed by atoms with Gasteiger partial charge in [-0.05, 0) is 51.8 Å². The lowest BCUT2D eigenvalue weighted by Gasteiger charge is -2.41. The molecule has 12 heteroatoms. The summed E-state index contributed by atoms with van der Waals surface area (Å²) < 4.78 is 36.0. The number of imidazole rings is 1. The molecule has 2 fully saturated rings. The quantitative estimate of drug-likeness (QED) is 0.181. The van der Waals surface area contributed by atoms with Crippen LogP contribution >= 0.6 is 0 Å². The molecule has 2 aliphatic rings. The molecule has 0 N–H and O–H groups in total. The minimum atomic E-state index is -0.667. The maximum Gasteiger partial charge on any atom is 0.410 e. The SMILES string of the molecule is COC[C@@H]1CCCC[C@H]1n1cnc(C(=O)N2CCN(C(=O)OC(C)(C)C)C[C@H]2CCOc2ccc(-n3cccn3)cc2F)c1-c1ccccc1. The number of amides is 2. The van der Waals surface area contributed by atoms with Gasteiger partial charge in [0.1, 0.15) is 5.60 Å². The number of carbonyl (C=O) groups is 2. The van der Waals surface area contributed by atoms with Gasteiger partial charge in [-0.1, -0.05) is 43.2 Å². The van der Waals surface area contributed by atoms with Gasteiger partial charge in [-0.2, -0.15) is 5.10 Å². The standard InChI is InChI=1S/C38H47FN6O5/c1-38(2,3)50-37(47)42-20-21-43(30(24-42)17-22-49-33-16-15-29(23-31(33)39)45-19-10-18-41-45)36(46)34-35(27-11-6-5-7-12-27)44(26-40-34)32-14-9-8-13-28(32)25-48-4/h5-7,10-12,15-16,18-19,23,26,28,30,32H,8-9,13-14,17,20-22,24-25H2,1-4H3/t28-,30+,32+/m0/s1. The smallest absolute Gasteiger partial charge is 0.410 e. The number of benzene rings is 2. The topological polar surface area (TPSA) is 104 Å². The Balaban J connectivity index is 1.27. The summed E-state index contributed by atoms with van der Waals surface area (Å²) in [6.45, 7) is 7.07. The van der Waals surface area contributed by atoms with Crippen molar-refractivity contribution in [1.82, 2.24) is 29.1 Å². The van der Waals surface area contributed by atoms with Gasteiger partial charge in [0.05, 0.1) is 37.0 Å². The van der Waals surface area contributed by atoms with E-state index in [0.29, 0.717) is 36.9 Å². The van der Waals surface area contributed by atoms with E-state index >= 15 is 4.39 Å². The Labute approximate surface area is 292 Å². The van der Waals surface area contributed by atoms with E-state index < -0.39 is 23.6 Å². The Bertz CT molecular complexity index is 1740. The number of carbonyl (C=O) groups excluding carboxylic acids is 2. The highest BCUT2D eigenvalue weighted by Gasteiger charge is 2.38. The van der Waals surface area contributed by atoms with Crippen LogP contribution < -0.4 is 4.74 Å². The summed E-state index contributed by atoms with van der Waals surface area (Å²) in [6.07, 6.45) is 9.36. The maximum absolute atomic E-state index is 15.1. The van der Waals surface area contributed by atoms with Crippen LogP contribution in [-0.2, 0) is 9.47 Å².